The summed E-state index contributed by atoms with van der Waals surface area (Å²) in [6, 6.07) is 15.6. The molecule has 7 nitrogen and oxygen atoms in total. The maximum Gasteiger partial charge on any atom is 0.270 e. The van der Waals surface area contributed by atoms with Crippen LogP contribution in [0.15, 0.2) is 59.1 Å². The Labute approximate surface area is 152 Å². The number of hydrogen-bond acceptors (Lipinski definition) is 4. The molecule has 8 heteroatoms. The van der Waals surface area contributed by atoms with Crippen LogP contribution in [0.25, 0.3) is 0 Å². The van der Waals surface area contributed by atoms with Crippen LogP contribution in [-0.2, 0) is 9.59 Å². The summed E-state index contributed by atoms with van der Waals surface area (Å²) in [4.78, 5) is 35.2. The molecule has 0 atom stereocenters. The van der Waals surface area contributed by atoms with E-state index in [1.165, 1.54) is 0 Å². The third-order valence-corrected chi connectivity index (χ3v) is 3.68. The van der Waals surface area contributed by atoms with E-state index >= 15 is 0 Å². The largest absolute Gasteiger partial charge is 0.484 e. The van der Waals surface area contributed by atoms with Crippen LogP contribution in [-0.4, -0.2) is 30.9 Å². The van der Waals surface area contributed by atoms with E-state index in [1.54, 1.807) is 48.5 Å². The van der Waals surface area contributed by atoms with Gasteiger partial charge in [-0.2, -0.15) is 0 Å². The van der Waals surface area contributed by atoms with E-state index in [0.29, 0.717) is 15.8 Å². The van der Waals surface area contributed by atoms with Crippen LogP contribution in [0.3, 0.4) is 0 Å². The summed E-state index contributed by atoms with van der Waals surface area (Å²) in [6.07, 6.45) is 0. The molecule has 2 rings (SSSR count). The van der Waals surface area contributed by atoms with Gasteiger partial charge in [-0.15, -0.1) is 0 Å². The second-order valence-electron chi connectivity index (χ2n) is 4.86. The van der Waals surface area contributed by atoms with Crippen molar-refractivity contribution in [2.24, 2.45) is 0 Å². The van der Waals surface area contributed by atoms with Crippen molar-refractivity contribution in [2.45, 2.75) is 0 Å². The molecule has 0 spiro atoms. The lowest BCUT2D eigenvalue weighted by Gasteiger charge is -2.10. The van der Waals surface area contributed by atoms with Gasteiger partial charge in [0.1, 0.15) is 5.75 Å². The number of hydrogen-bond donors (Lipinski definition) is 3. The molecule has 0 aromatic heterocycles. The van der Waals surface area contributed by atoms with E-state index in [4.69, 9.17) is 4.74 Å². The molecule has 0 heterocycles. The van der Waals surface area contributed by atoms with Gasteiger partial charge in [-0.1, -0.05) is 30.3 Å². The Morgan fingerprint density at radius 2 is 1.56 bits per heavy atom. The molecule has 0 saturated heterocycles. The molecule has 0 aliphatic heterocycles. The number of hydrazine groups is 1. The third-order valence-electron chi connectivity index (χ3n) is 2.99. The van der Waals surface area contributed by atoms with Crippen molar-refractivity contribution in [3.05, 3.63) is 64.6 Å². The Hall–Kier alpha value is -2.87. The molecule has 2 aromatic rings. The van der Waals surface area contributed by atoms with E-state index in [2.05, 4.69) is 32.1 Å². The number of ether oxygens (including phenoxy) is 1. The summed E-state index contributed by atoms with van der Waals surface area (Å²) >= 11 is 3.25. The molecule has 0 aliphatic rings. The van der Waals surface area contributed by atoms with Crippen molar-refractivity contribution in [1.29, 1.82) is 0 Å². The third kappa shape index (κ3) is 6.27. The standard InChI is InChI=1S/C17H16BrN3O4/c18-14-9-5-4-8-13(14)17(24)21-20-15(22)10-19-16(23)11-25-12-6-2-1-3-7-12/h1-9H,10-11H2,(H,19,23)(H,20,22)(H,21,24). The molecule has 0 aliphatic carbocycles. The SMILES string of the molecule is O=C(COc1ccccc1)NCC(=O)NNC(=O)c1ccccc1Br. The molecular formula is C17H16BrN3O4. The van der Waals surface area contributed by atoms with Crippen LogP contribution in [0.2, 0.25) is 0 Å². The highest BCUT2D eigenvalue weighted by molar-refractivity contribution is 9.10. The molecule has 130 valence electrons. The summed E-state index contributed by atoms with van der Waals surface area (Å²) in [5.41, 5.74) is 4.87. The van der Waals surface area contributed by atoms with E-state index < -0.39 is 17.7 Å². The summed E-state index contributed by atoms with van der Waals surface area (Å²) in [5, 5.41) is 2.39. The van der Waals surface area contributed by atoms with Gasteiger partial charge in [-0.25, -0.2) is 0 Å². The predicted molar refractivity (Wildman–Crippen MR) is 94.7 cm³/mol. The average Bonchev–Trinajstić information content (AvgIpc) is 2.64. The van der Waals surface area contributed by atoms with Crippen LogP contribution < -0.4 is 20.9 Å². The van der Waals surface area contributed by atoms with Gasteiger partial charge >= 0.3 is 0 Å². The molecule has 0 fully saturated rings. The molecule has 0 bridgehead atoms. The number of carbonyl (C=O) groups excluding carboxylic acids is 3. The molecule has 25 heavy (non-hydrogen) atoms. The quantitative estimate of drug-likeness (QED) is 0.632. The summed E-state index contributed by atoms with van der Waals surface area (Å²) < 4.78 is 5.86. The molecule has 0 radical (unpaired) electrons. The van der Waals surface area contributed by atoms with Gasteiger partial charge in [-0.05, 0) is 40.2 Å². The molecule has 3 amide bonds. The number of rotatable bonds is 6. The molecule has 0 saturated carbocycles. The van der Waals surface area contributed by atoms with Crippen molar-refractivity contribution in [3.63, 3.8) is 0 Å². The van der Waals surface area contributed by atoms with Crippen molar-refractivity contribution in [2.75, 3.05) is 13.2 Å². The monoisotopic (exact) mass is 405 g/mol. The molecule has 3 N–H and O–H groups in total. The van der Waals surface area contributed by atoms with Gasteiger partial charge in [0.05, 0.1) is 12.1 Å². The number of carbonyl (C=O) groups is 3. The fourth-order valence-electron chi connectivity index (χ4n) is 1.78. The Morgan fingerprint density at radius 3 is 2.28 bits per heavy atom. The van der Waals surface area contributed by atoms with Gasteiger partial charge in [0.15, 0.2) is 6.61 Å². The van der Waals surface area contributed by atoms with E-state index in [1.807, 2.05) is 6.07 Å². The summed E-state index contributed by atoms with van der Waals surface area (Å²) in [7, 11) is 0. The normalized spacial score (nSPS) is 9.80. The highest BCUT2D eigenvalue weighted by Gasteiger charge is 2.11. The highest BCUT2D eigenvalue weighted by atomic mass is 79.9. The first-order valence-corrected chi connectivity index (χ1v) is 8.14. The maximum atomic E-state index is 11.9. The number of para-hydroxylation sites is 1. The van der Waals surface area contributed by atoms with Crippen LogP contribution in [0.1, 0.15) is 10.4 Å². The van der Waals surface area contributed by atoms with E-state index in [0.717, 1.165) is 0 Å². The zero-order valence-corrected chi connectivity index (χ0v) is 14.7. The average molecular weight is 406 g/mol. The Balaban J connectivity index is 1.67. The minimum atomic E-state index is -0.562. The minimum Gasteiger partial charge on any atom is -0.484 e. The number of amides is 3. The topological polar surface area (TPSA) is 96.5 Å². The Kier molecular flexibility index (Phi) is 6.97. The van der Waals surface area contributed by atoms with E-state index in [9.17, 15) is 14.4 Å². The number of nitrogens with one attached hydrogen (secondary N) is 3. The second-order valence-corrected chi connectivity index (χ2v) is 5.71. The zero-order valence-electron chi connectivity index (χ0n) is 13.1. The second kappa shape index (κ2) is 9.43. The molecular weight excluding hydrogens is 390 g/mol. The van der Waals surface area contributed by atoms with Crippen LogP contribution in [0.4, 0.5) is 0 Å². The number of benzene rings is 2. The van der Waals surface area contributed by atoms with Gasteiger partial charge in [0.2, 0.25) is 0 Å². The van der Waals surface area contributed by atoms with Gasteiger partial charge in [0.25, 0.3) is 17.7 Å². The number of halogens is 1. The first-order chi connectivity index (χ1) is 12.1. The van der Waals surface area contributed by atoms with Gasteiger partial charge < -0.3 is 10.1 Å². The van der Waals surface area contributed by atoms with Crippen LogP contribution >= 0.6 is 15.9 Å². The van der Waals surface area contributed by atoms with Crippen molar-refractivity contribution >= 4 is 33.7 Å². The van der Waals surface area contributed by atoms with Crippen LogP contribution in [0, 0.1) is 0 Å². The fraction of sp³-hybridized carbons (Fsp3) is 0.118. The molecule has 2 aromatic carbocycles. The summed E-state index contributed by atoms with van der Waals surface area (Å²) in [5.74, 6) is -0.924. The Morgan fingerprint density at radius 1 is 0.880 bits per heavy atom. The zero-order chi connectivity index (χ0) is 18.1. The molecule has 0 unspecified atom stereocenters. The van der Waals surface area contributed by atoms with Crippen molar-refractivity contribution in [3.8, 4) is 5.75 Å². The fourth-order valence-corrected chi connectivity index (χ4v) is 2.24. The van der Waals surface area contributed by atoms with Crippen LogP contribution in [0.5, 0.6) is 5.75 Å². The minimum absolute atomic E-state index is 0.208. The lowest BCUT2D eigenvalue weighted by Crippen LogP contribution is -2.47. The van der Waals surface area contributed by atoms with Gasteiger partial charge in [-0.3, -0.25) is 25.2 Å². The Bertz CT molecular complexity index is 753. The first kappa shape index (κ1) is 18.5. The first-order valence-electron chi connectivity index (χ1n) is 7.34. The van der Waals surface area contributed by atoms with Crippen molar-refractivity contribution < 1.29 is 19.1 Å². The predicted octanol–water partition coefficient (Wildman–Crippen LogP) is 1.41. The lowest BCUT2D eigenvalue weighted by molar-refractivity contribution is -0.127. The van der Waals surface area contributed by atoms with Gasteiger partial charge in [0, 0.05) is 4.47 Å². The smallest absolute Gasteiger partial charge is 0.270 e. The lowest BCUT2D eigenvalue weighted by atomic mass is 10.2. The maximum absolute atomic E-state index is 11.9. The van der Waals surface area contributed by atoms with E-state index in [-0.39, 0.29) is 13.2 Å². The van der Waals surface area contributed by atoms with Crippen molar-refractivity contribution in [1.82, 2.24) is 16.2 Å². The summed E-state index contributed by atoms with van der Waals surface area (Å²) in [6.45, 7) is -0.492. The highest BCUT2D eigenvalue weighted by Crippen LogP contribution is 2.15.